The summed E-state index contributed by atoms with van der Waals surface area (Å²) in [7, 11) is 0. The number of pyridine rings is 1. The van der Waals surface area contributed by atoms with E-state index in [4.69, 9.17) is 17.3 Å². The molecule has 29 heavy (non-hydrogen) atoms. The average Bonchev–Trinajstić information content (AvgIpc) is 3.13. The lowest BCUT2D eigenvalue weighted by molar-refractivity contribution is 0.0950. The molecular weight excluding hydrogens is 384 g/mol. The predicted molar refractivity (Wildman–Crippen MR) is 116 cm³/mol. The molecule has 6 heteroatoms. The van der Waals surface area contributed by atoms with Crippen molar-refractivity contribution < 1.29 is 4.79 Å². The minimum atomic E-state index is -0.160. The van der Waals surface area contributed by atoms with Crippen LogP contribution in [0.5, 0.6) is 0 Å². The second-order valence-electron chi connectivity index (χ2n) is 6.93. The highest BCUT2D eigenvalue weighted by Crippen LogP contribution is 2.24. The highest BCUT2D eigenvalue weighted by Gasteiger charge is 2.09. The Bertz CT molecular complexity index is 1170. The van der Waals surface area contributed by atoms with Crippen LogP contribution in [0.25, 0.3) is 10.9 Å². The molecule has 0 unspecified atom stereocenters. The zero-order valence-corrected chi connectivity index (χ0v) is 16.5. The summed E-state index contributed by atoms with van der Waals surface area (Å²) in [4.78, 5) is 20.0. The SMILES string of the molecule is NCc1ccccc1Cc1cncc(C(=O)NCc2ccc3[nH]cc(Cl)c3c2)c1. The molecule has 1 amide bonds. The number of benzene rings is 2. The number of aromatic amines is 1. The fourth-order valence-electron chi connectivity index (χ4n) is 3.39. The van der Waals surface area contributed by atoms with Crippen molar-refractivity contribution in [3.63, 3.8) is 0 Å². The van der Waals surface area contributed by atoms with Crippen LogP contribution in [-0.2, 0) is 19.5 Å². The lowest BCUT2D eigenvalue weighted by Crippen LogP contribution is -2.23. The molecule has 2 heterocycles. The fraction of sp³-hybridized carbons (Fsp3) is 0.130. The van der Waals surface area contributed by atoms with Gasteiger partial charge in [0.15, 0.2) is 0 Å². The lowest BCUT2D eigenvalue weighted by Gasteiger charge is -2.09. The van der Waals surface area contributed by atoms with E-state index in [1.54, 1.807) is 18.6 Å². The number of hydrogen-bond acceptors (Lipinski definition) is 3. The van der Waals surface area contributed by atoms with Crippen LogP contribution in [0.15, 0.2) is 67.1 Å². The van der Waals surface area contributed by atoms with Gasteiger partial charge in [-0.15, -0.1) is 0 Å². The number of carbonyl (C=O) groups is 1. The number of nitrogens with zero attached hydrogens (tertiary/aromatic N) is 1. The van der Waals surface area contributed by atoms with Crippen LogP contribution in [-0.4, -0.2) is 15.9 Å². The van der Waals surface area contributed by atoms with Gasteiger partial charge in [-0.1, -0.05) is 41.9 Å². The van der Waals surface area contributed by atoms with Crippen LogP contribution in [0.3, 0.4) is 0 Å². The smallest absolute Gasteiger partial charge is 0.253 e. The molecule has 2 aromatic heterocycles. The van der Waals surface area contributed by atoms with Crippen molar-refractivity contribution >= 4 is 28.4 Å². The summed E-state index contributed by atoms with van der Waals surface area (Å²) >= 11 is 6.17. The highest BCUT2D eigenvalue weighted by atomic mass is 35.5. The number of aromatic nitrogens is 2. The van der Waals surface area contributed by atoms with E-state index < -0.39 is 0 Å². The first-order valence-electron chi connectivity index (χ1n) is 9.38. The summed E-state index contributed by atoms with van der Waals surface area (Å²) in [5.74, 6) is -0.160. The second-order valence-corrected chi connectivity index (χ2v) is 7.34. The van der Waals surface area contributed by atoms with Gasteiger partial charge < -0.3 is 16.0 Å². The van der Waals surface area contributed by atoms with Crippen molar-refractivity contribution in [3.8, 4) is 0 Å². The Morgan fingerprint density at radius 2 is 1.90 bits per heavy atom. The largest absolute Gasteiger partial charge is 0.360 e. The summed E-state index contributed by atoms with van der Waals surface area (Å²) in [6.45, 7) is 0.899. The third-order valence-electron chi connectivity index (χ3n) is 4.94. The average molecular weight is 405 g/mol. The number of hydrogen-bond donors (Lipinski definition) is 3. The number of rotatable bonds is 6. The standard InChI is InChI=1S/C23H21ClN4O/c24-21-14-27-22-6-5-15(9-20(21)22)12-28-23(29)19-8-16(11-26-13-19)7-17-3-1-2-4-18(17)10-25/h1-6,8-9,11,13-14,27H,7,10,12,25H2,(H,28,29). The van der Waals surface area contributed by atoms with Crippen LogP contribution >= 0.6 is 11.6 Å². The first-order chi connectivity index (χ1) is 14.1. The van der Waals surface area contributed by atoms with Gasteiger partial charge in [0.25, 0.3) is 5.91 Å². The quantitative estimate of drug-likeness (QED) is 0.450. The van der Waals surface area contributed by atoms with E-state index in [0.717, 1.165) is 33.2 Å². The van der Waals surface area contributed by atoms with Crippen molar-refractivity contribution in [3.05, 3.63) is 100.0 Å². The van der Waals surface area contributed by atoms with Gasteiger partial charge in [0, 0.05) is 42.6 Å². The van der Waals surface area contributed by atoms with Crippen LogP contribution < -0.4 is 11.1 Å². The molecule has 0 aliphatic heterocycles. The third kappa shape index (κ3) is 4.31. The Morgan fingerprint density at radius 1 is 1.07 bits per heavy atom. The molecule has 0 saturated heterocycles. The predicted octanol–water partition coefficient (Wildman–Crippen LogP) is 4.20. The summed E-state index contributed by atoms with van der Waals surface area (Å²) in [6.07, 6.45) is 5.81. The Morgan fingerprint density at radius 3 is 2.72 bits per heavy atom. The minimum absolute atomic E-state index is 0.160. The molecule has 0 bridgehead atoms. The van der Waals surface area contributed by atoms with Gasteiger partial charge in [-0.2, -0.15) is 0 Å². The van der Waals surface area contributed by atoms with Crippen LogP contribution in [0.2, 0.25) is 5.02 Å². The maximum absolute atomic E-state index is 12.6. The van der Waals surface area contributed by atoms with E-state index in [2.05, 4.69) is 21.4 Å². The zero-order chi connectivity index (χ0) is 20.2. The van der Waals surface area contributed by atoms with Crippen molar-refractivity contribution in [1.29, 1.82) is 0 Å². The van der Waals surface area contributed by atoms with Crippen molar-refractivity contribution in [2.45, 2.75) is 19.5 Å². The Labute approximate surface area is 173 Å². The van der Waals surface area contributed by atoms with Crippen molar-refractivity contribution in [2.24, 2.45) is 5.73 Å². The number of nitrogens with one attached hydrogen (secondary N) is 2. The van der Waals surface area contributed by atoms with E-state index in [1.165, 1.54) is 0 Å². The topological polar surface area (TPSA) is 83.8 Å². The van der Waals surface area contributed by atoms with Gasteiger partial charge in [0.05, 0.1) is 10.6 Å². The first kappa shape index (κ1) is 19.2. The van der Waals surface area contributed by atoms with E-state index in [0.29, 0.717) is 30.1 Å². The molecule has 0 saturated carbocycles. The van der Waals surface area contributed by atoms with Crippen molar-refractivity contribution in [2.75, 3.05) is 0 Å². The molecule has 146 valence electrons. The molecule has 5 nitrogen and oxygen atoms in total. The van der Waals surface area contributed by atoms with E-state index >= 15 is 0 Å². The summed E-state index contributed by atoms with van der Waals surface area (Å²) in [6, 6.07) is 15.8. The molecule has 0 fully saturated rings. The molecule has 0 atom stereocenters. The van der Waals surface area contributed by atoms with Gasteiger partial charge in [0.1, 0.15) is 0 Å². The van der Waals surface area contributed by atoms with Crippen molar-refractivity contribution in [1.82, 2.24) is 15.3 Å². The molecular formula is C23H21ClN4O. The molecule has 0 radical (unpaired) electrons. The third-order valence-corrected chi connectivity index (χ3v) is 5.25. The van der Waals surface area contributed by atoms with E-state index in [9.17, 15) is 4.79 Å². The molecule has 4 rings (SSSR count). The van der Waals surface area contributed by atoms with Gasteiger partial charge in [-0.3, -0.25) is 9.78 Å². The number of carbonyl (C=O) groups excluding carboxylic acids is 1. The molecule has 4 N–H and O–H groups in total. The molecule has 0 aliphatic carbocycles. The Balaban J connectivity index is 1.45. The molecule has 0 aliphatic rings. The molecule has 4 aromatic rings. The summed E-state index contributed by atoms with van der Waals surface area (Å²) < 4.78 is 0. The highest BCUT2D eigenvalue weighted by molar-refractivity contribution is 6.35. The minimum Gasteiger partial charge on any atom is -0.360 e. The lowest BCUT2D eigenvalue weighted by atomic mass is 10.00. The maximum atomic E-state index is 12.6. The second kappa shape index (κ2) is 8.47. The normalized spacial score (nSPS) is 11.0. The maximum Gasteiger partial charge on any atom is 0.253 e. The molecule has 2 aromatic carbocycles. The fourth-order valence-corrected chi connectivity index (χ4v) is 3.60. The van der Waals surface area contributed by atoms with Gasteiger partial charge in [-0.05, 0) is 46.9 Å². The number of amides is 1. The van der Waals surface area contributed by atoms with Gasteiger partial charge in [-0.25, -0.2) is 0 Å². The van der Waals surface area contributed by atoms with E-state index in [-0.39, 0.29) is 5.91 Å². The molecule has 0 spiro atoms. The number of fused-ring (bicyclic) bond motifs is 1. The van der Waals surface area contributed by atoms with Crippen LogP contribution in [0.4, 0.5) is 0 Å². The van der Waals surface area contributed by atoms with Gasteiger partial charge in [0.2, 0.25) is 0 Å². The summed E-state index contributed by atoms with van der Waals surface area (Å²) in [5, 5.41) is 4.57. The number of halogens is 1. The van der Waals surface area contributed by atoms with E-state index in [1.807, 2.05) is 42.5 Å². The monoisotopic (exact) mass is 404 g/mol. The van der Waals surface area contributed by atoms with Crippen LogP contribution in [0, 0.1) is 0 Å². The number of nitrogens with two attached hydrogens (primary N) is 1. The van der Waals surface area contributed by atoms with Crippen LogP contribution in [0.1, 0.15) is 32.6 Å². The zero-order valence-electron chi connectivity index (χ0n) is 15.8. The summed E-state index contributed by atoms with van der Waals surface area (Å²) in [5.41, 5.74) is 11.5. The number of H-pyrrole nitrogens is 1. The first-order valence-corrected chi connectivity index (χ1v) is 9.76. The Kier molecular flexibility index (Phi) is 5.60. The van der Waals surface area contributed by atoms with Gasteiger partial charge >= 0.3 is 0 Å². The Hall–Kier alpha value is -3.15.